The van der Waals surface area contributed by atoms with Crippen molar-refractivity contribution in [1.29, 1.82) is 0 Å². The van der Waals surface area contributed by atoms with Gasteiger partial charge in [-0.2, -0.15) is 0 Å². The minimum absolute atomic E-state index is 0.0154. The van der Waals surface area contributed by atoms with Crippen LogP contribution in [0.15, 0.2) is 16.7 Å². The van der Waals surface area contributed by atoms with Gasteiger partial charge in [-0.15, -0.1) is 0 Å². The predicted octanol–water partition coefficient (Wildman–Crippen LogP) is 2.65. The Morgan fingerprint density at radius 3 is 3.12 bits per heavy atom. The lowest BCUT2D eigenvalue weighted by Crippen LogP contribution is -2.07. The molecule has 0 aliphatic heterocycles. The second-order valence-corrected chi connectivity index (χ2v) is 4.58. The standard InChI is InChI=1S/C11H11BrFNO2/c1-2-16-11(15)7-3-6(7)10-4-9(13)8(12)5-14-10/h4-7H,2-3H2,1H3/t6-,7-/m1/s1. The zero-order chi connectivity index (χ0) is 11.7. The molecule has 0 aromatic carbocycles. The Balaban J connectivity index is 2.06. The number of pyridine rings is 1. The van der Waals surface area contributed by atoms with Gasteiger partial charge in [0.25, 0.3) is 0 Å². The third-order valence-corrected chi connectivity index (χ3v) is 3.17. The van der Waals surface area contributed by atoms with Gasteiger partial charge in [-0.25, -0.2) is 4.39 Å². The Bertz CT molecular complexity index is 424. The Morgan fingerprint density at radius 2 is 2.50 bits per heavy atom. The quantitative estimate of drug-likeness (QED) is 0.803. The van der Waals surface area contributed by atoms with Gasteiger partial charge in [0.15, 0.2) is 0 Å². The van der Waals surface area contributed by atoms with Crippen molar-refractivity contribution in [1.82, 2.24) is 4.98 Å². The molecule has 5 heteroatoms. The molecule has 0 bridgehead atoms. The molecule has 0 N–H and O–H groups in total. The summed E-state index contributed by atoms with van der Waals surface area (Å²) in [6.45, 7) is 2.15. The highest BCUT2D eigenvalue weighted by molar-refractivity contribution is 9.10. The van der Waals surface area contributed by atoms with Gasteiger partial charge in [-0.3, -0.25) is 9.78 Å². The summed E-state index contributed by atoms with van der Waals surface area (Å²) in [6, 6.07) is 1.37. The molecule has 2 atom stereocenters. The van der Waals surface area contributed by atoms with E-state index in [0.29, 0.717) is 23.2 Å². The Kier molecular flexibility index (Phi) is 3.23. The van der Waals surface area contributed by atoms with Crippen molar-refractivity contribution in [3.8, 4) is 0 Å². The average molecular weight is 288 g/mol. The van der Waals surface area contributed by atoms with Crippen LogP contribution in [0.25, 0.3) is 0 Å². The minimum atomic E-state index is -0.348. The van der Waals surface area contributed by atoms with Crippen LogP contribution in [0.1, 0.15) is 25.0 Å². The number of nitrogens with zero attached hydrogens (tertiary/aromatic N) is 1. The van der Waals surface area contributed by atoms with E-state index >= 15 is 0 Å². The number of carbonyl (C=O) groups is 1. The number of halogens is 2. The Hall–Kier alpha value is -0.970. The fourth-order valence-electron chi connectivity index (χ4n) is 1.66. The molecule has 1 saturated carbocycles. The SMILES string of the molecule is CCOC(=O)[C@@H]1C[C@H]1c1cc(F)c(Br)cn1. The van der Waals surface area contributed by atoms with Crippen LogP contribution in [0, 0.1) is 11.7 Å². The summed E-state index contributed by atoms with van der Waals surface area (Å²) in [6.07, 6.45) is 2.12. The minimum Gasteiger partial charge on any atom is -0.466 e. The van der Waals surface area contributed by atoms with Crippen LogP contribution in [0.2, 0.25) is 0 Å². The number of rotatable bonds is 3. The fourth-order valence-corrected chi connectivity index (χ4v) is 1.88. The van der Waals surface area contributed by atoms with E-state index in [4.69, 9.17) is 4.74 Å². The first-order valence-corrected chi connectivity index (χ1v) is 5.90. The van der Waals surface area contributed by atoms with Crippen LogP contribution in [0.4, 0.5) is 4.39 Å². The van der Waals surface area contributed by atoms with E-state index in [2.05, 4.69) is 20.9 Å². The number of ether oxygens (including phenoxy) is 1. The van der Waals surface area contributed by atoms with E-state index < -0.39 is 0 Å². The smallest absolute Gasteiger partial charge is 0.309 e. The van der Waals surface area contributed by atoms with Crippen molar-refractivity contribution in [3.05, 3.63) is 28.2 Å². The molecule has 0 spiro atoms. The normalized spacial score (nSPS) is 22.9. The fraction of sp³-hybridized carbons (Fsp3) is 0.455. The first-order chi connectivity index (χ1) is 7.63. The molecule has 1 aliphatic carbocycles. The van der Waals surface area contributed by atoms with Crippen molar-refractivity contribution in [2.75, 3.05) is 6.61 Å². The first kappa shape index (κ1) is 11.5. The van der Waals surface area contributed by atoms with E-state index in [1.807, 2.05) is 0 Å². The van der Waals surface area contributed by atoms with Crippen molar-refractivity contribution >= 4 is 21.9 Å². The number of aromatic nitrogens is 1. The van der Waals surface area contributed by atoms with Gasteiger partial charge in [0.1, 0.15) is 5.82 Å². The zero-order valence-corrected chi connectivity index (χ0v) is 10.3. The molecule has 0 amide bonds. The van der Waals surface area contributed by atoms with Gasteiger partial charge >= 0.3 is 5.97 Å². The van der Waals surface area contributed by atoms with Gasteiger partial charge in [0.2, 0.25) is 0 Å². The van der Waals surface area contributed by atoms with Crippen LogP contribution in [-0.2, 0) is 9.53 Å². The molecule has 3 nitrogen and oxygen atoms in total. The van der Waals surface area contributed by atoms with Gasteiger partial charge < -0.3 is 4.74 Å². The summed E-state index contributed by atoms with van der Waals surface area (Å²) in [7, 11) is 0. The van der Waals surface area contributed by atoms with Gasteiger partial charge in [0, 0.05) is 17.8 Å². The van der Waals surface area contributed by atoms with Crippen LogP contribution in [-0.4, -0.2) is 17.6 Å². The monoisotopic (exact) mass is 287 g/mol. The average Bonchev–Trinajstić information content (AvgIpc) is 3.02. The molecule has 1 aromatic heterocycles. The summed E-state index contributed by atoms with van der Waals surface area (Å²) in [5.41, 5.74) is 0.624. The molecule has 0 saturated heterocycles. The van der Waals surface area contributed by atoms with Crippen LogP contribution in [0.3, 0.4) is 0 Å². The van der Waals surface area contributed by atoms with E-state index in [9.17, 15) is 9.18 Å². The summed E-state index contributed by atoms with van der Waals surface area (Å²) < 4.78 is 18.5. The van der Waals surface area contributed by atoms with Gasteiger partial charge in [-0.1, -0.05) is 0 Å². The van der Waals surface area contributed by atoms with E-state index in [1.54, 1.807) is 6.92 Å². The lowest BCUT2D eigenvalue weighted by Gasteiger charge is -2.01. The third-order valence-electron chi connectivity index (χ3n) is 2.59. The number of hydrogen-bond donors (Lipinski definition) is 0. The highest BCUT2D eigenvalue weighted by atomic mass is 79.9. The summed E-state index contributed by atoms with van der Waals surface area (Å²) in [5, 5.41) is 0. The van der Waals surface area contributed by atoms with Crippen molar-refractivity contribution in [3.63, 3.8) is 0 Å². The van der Waals surface area contributed by atoms with Crippen molar-refractivity contribution in [2.24, 2.45) is 5.92 Å². The molecule has 0 radical (unpaired) electrons. The highest BCUT2D eigenvalue weighted by Gasteiger charge is 2.46. The molecule has 1 heterocycles. The van der Waals surface area contributed by atoms with Crippen LogP contribution < -0.4 is 0 Å². The van der Waals surface area contributed by atoms with E-state index in [0.717, 1.165) is 0 Å². The van der Waals surface area contributed by atoms with Crippen molar-refractivity contribution < 1.29 is 13.9 Å². The molecular weight excluding hydrogens is 277 g/mol. The number of hydrogen-bond acceptors (Lipinski definition) is 3. The number of carbonyl (C=O) groups excluding carboxylic acids is 1. The molecule has 2 rings (SSSR count). The largest absolute Gasteiger partial charge is 0.466 e. The van der Waals surface area contributed by atoms with Gasteiger partial charge in [-0.05, 0) is 35.3 Å². The molecule has 86 valence electrons. The molecule has 0 unspecified atom stereocenters. The van der Waals surface area contributed by atoms with Crippen LogP contribution in [0.5, 0.6) is 0 Å². The maximum absolute atomic E-state index is 13.2. The zero-order valence-electron chi connectivity index (χ0n) is 8.74. The summed E-state index contributed by atoms with van der Waals surface area (Å²) in [4.78, 5) is 15.5. The Morgan fingerprint density at radius 1 is 1.75 bits per heavy atom. The summed E-state index contributed by atoms with van der Waals surface area (Å²) >= 11 is 3.04. The molecule has 1 aliphatic rings. The lowest BCUT2D eigenvalue weighted by molar-refractivity contribution is -0.144. The highest BCUT2D eigenvalue weighted by Crippen LogP contribution is 2.47. The second kappa shape index (κ2) is 4.49. The molecule has 1 fully saturated rings. The maximum Gasteiger partial charge on any atom is 0.309 e. The molecule has 1 aromatic rings. The molecular formula is C11H11BrFNO2. The topological polar surface area (TPSA) is 39.2 Å². The predicted molar refractivity (Wildman–Crippen MR) is 59.4 cm³/mol. The maximum atomic E-state index is 13.2. The Labute approximate surface area is 101 Å². The van der Waals surface area contributed by atoms with Crippen LogP contribution >= 0.6 is 15.9 Å². The first-order valence-electron chi connectivity index (χ1n) is 5.11. The number of esters is 1. The summed E-state index contributed by atoms with van der Waals surface area (Å²) in [5.74, 6) is -0.688. The van der Waals surface area contributed by atoms with E-state index in [-0.39, 0.29) is 23.6 Å². The third kappa shape index (κ3) is 2.24. The second-order valence-electron chi connectivity index (χ2n) is 3.72. The molecule has 16 heavy (non-hydrogen) atoms. The lowest BCUT2D eigenvalue weighted by atomic mass is 10.2. The van der Waals surface area contributed by atoms with Crippen molar-refractivity contribution in [2.45, 2.75) is 19.3 Å². The van der Waals surface area contributed by atoms with Gasteiger partial charge in [0.05, 0.1) is 17.0 Å². The van der Waals surface area contributed by atoms with E-state index in [1.165, 1.54) is 12.3 Å².